The van der Waals surface area contributed by atoms with Crippen molar-refractivity contribution in [2.24, 2.45) is 0 Å². The maximum Gasteiger partial charge on any atom is 0.283 e. The van der Waals surface area contributed by atoms with E-state index >= 15 is 0 Å². The molecule has 122 valence electrons. The predicted molar refractivity (Wildman–Crippen MR) is 91.6 cm³/mol. The van der Waals surface area contributed by atoms with Gasteiger partial charge in [0.25, 0.3) is 11.8 Å². The Labute approximate surface area is 147 Å². The highest BCUT2D eigenvalue weighted by Gasteiger charge is 2.39. The number of carbonyl (C=O) groups is 2. The molecule has 0 unspecified atom stereocenters. The fourth-order valence-electron chi connectivity index (χ4n) is 2.35. The van der Waals surface area contributed by atoms with Crippen LogP contribution in [-0.4, -0.2) is 11.8 Å². The van der Waals surface area contributed by atoms with Gasteiger partial charge in [-0.05, 0) is 36.8 Å². The number of hydrogen-bond donors (Lipinski definition) is 1. The zero-order valence-electron chi connectivity index (χ0n) is 12.4. The first-order valence-electron chi connectivity index (χ1n) is 6.96. The Hall–Kier alpha value is -2.37. The van der Waals surface area contributed by atoms with Gasteiger partial charge in [-0.1, -0.05) is 41.4 Å². The summed E-state index contributed by atoms with van der Waals surface area (Å²) < 4.78 is 13.8. The Kier molecular flexibility index (Phi) is 4.30. The first-order valence-corrected chi connectivity index (χ1v) is 7.72. The van der Waals surface area contributed by atoms with Gasteiger partial charge in [0.15, 0.2) is 0 Å². The van der Waals surface area contributed by atoms with Gasteiger partial charge >= 0.3 is 0 Å². The van der Waals surface area contributed by atoms with Gasteiger partial charge in [-0.2, -0.15) is 0 Å². The number of para-hydroxylation sites is 1. The number of hydrogen-bond acceptors (Lipinski definition) is 3. The molecule has 4 nitrogen and oxygen atoms in total. The number of anilines is 2. The van der Waals surface area contributed by atoms with Crippen molar-refractivity contribution in [2.45, 2.75) is 6.92 Å². The number of nitrogens with one attached hydrogen (secondary N) is 1. The third-order valence-corrected chi connectivity index (χ3v) is 4.16. The molecule has 0 saturated carbocycles. The van der Waals surface area contributed by atoms with Crippen LogP contribution in [0.15, 0.2) is 53.2 Å². The van der Waals surface area contributed by atoms with E-state index in [9.17, 15) is 14.0 Å². The average Bonchev–Trinajstić information content (AvgIpc) is 2.76. The molecule has 2 aromatic carbocycles. The number of amides is 2. The molecule has 0 saturated heterocycles. The SMILES string of the molecule is Cc1ccc(Cl)cc1N1C(=O)C(Cl)=C(Nc2ccccc2F)C1=O. The third kappa shape index (κ3) is 2.77. The Morgan fingerprint density at radius 3 is 2.46 bits per heavy atom. The van der Waals surface area contributed by atoms with Gasteiger partial charge in [0.2, 0.25) is 0 Å². The lowest BCUT2D eigenvalue weighted by Gasteiger charge is -2.17. The molecule has 0 radical (unpaired) electrons. The molecule has 7 heteroatoms. The number of carbonyl (C=O) groups excluding carboxylic acids is 2. The van der Waals surface area contributed by atoms with Crippen molar-refractivity contribution in [3.05, 3.63) is 69.6 Å². The first-order chi connectivity index (χ1) is 11.4. The van der Waals surface area contributed by atoms with Crippen LogP contribution in [0.25, 0.3) is 0 Å². The van der Waals surface area contributed by atoms with Crippen molar-refractivity contribution < 1.29 is 14.0 Å². The Morgan fingerprint density at radius 1 is 1.04 bits per heavy atom. The Morgan fingerprint density at radius 2 is 1.75 bits per heavy atom. The van der Waals surface area contributed by atoms with E-state index in [0.29, 0.717) is 16.3 Å². The summed E-state index contributed by atoms with van der Waals surface area (Å²) >= 11 is 12.0. The molecule has 1 aliphatic heterocycles. The number of rotatable bonds is 3. The summed E-state index contributed by atoms with van der Waals surface area (Å²) in [6.07, 6.45) is 0. The highest BCUT2D eigenvalue weighted by Crippen LogP contribution is 2.33. The second-order valence-corrected chi connectivity index (χ2v) is 5.98. The van der Waals surface area contributed by atoms with Gasteiger partial charge in [0.05, 0.1) is 11.4 Å². The maximum atomic E-state index is 13.8. The van der Waals surface area contributed by atoms with E-state index in [1.165, 1.54) is 24.3 Å². The molecule has 1 aliphatic rings. The quantitative estimate of drug-likeness (QED) is 0.829. The van der Waals surface area contributed by atoms with Crippen molar-refractivity contribution in [1.82, 2.24) is 0 Å². The summed E-state index contributed by atoms with van der Waals surface area (Å²) in [4.78, 5) is 26.0. The summed E-state index contributed by atoms with van der Waals surface area (Å²) in [5.74, 6) is -1.92. The predicted octanol–water partition coefficient (Wildman–Crippen LogP) is 4.22. The third-order valence-electron chi connectivity index (χ3n) is 3.57. The molecule has 0 spiro atoms. The molecule has 0 aliphatic carbocycles. The van der Waals surface area contributed by atoms with Crippen molar-refractivity contribution in [3.63, 3.8) is 0 Å². The van der Waals surface area contributed by atoms with E-state index in [1.54, 1.807) is 25.1 Å². The summed E-state index contributed by atoms with van der Waals surface area (Å²) in [5, 5.41) is 2.68. The van der Waals surface area contributed by atoms with E-state index in [-0.39, 0.29) is 16.4 Å². The number of benzene rings is 2. The summed E-state index contributed by atoms with van der Waals surface area (Å²) in [6.45, 7) is 1.74. The molecule has 2 aromatic rings. The van der Waals surface area contributed by atoms with Crippen LogP contribution in [0.1, 0.15) is 5.56 Å². The minimum Gasteiger partial charge on any atom is -0.347 e. The lowest BCUT2D eigenvalue weighted by atomic mass is 10.2. The van der Waals surface area contributed by atoms with E-state index in [4.69, 9.17) is 23.2 Å². The molecular weight excluding hydrogens is 354 g/mol. The largest absolute Gasteiger partial charge is 0.347 e. The molecule has 0 aromatic heterocycles. The van der Waals surface area contributed by atoms with Crippen LogP contribution in [-0.2, 0) is 9.59 Å². The van der Waals surface area contributed by atoms with E-state index in [1.807, 2.05) is 0 Å². The lowest BCUT2D eigenvalue weighted by molar-refractivity contribution is -0.120. The normalized spacial score (nSPS) is 14.6. The summed E-state index contributed by atoms with van der Waals surface area (Å²) in [7, 11) is 0. The average molecular weight is 365 g/mol. The molecule has 0 bridgehead atoms. The topological polar surface area (TPSA) is 49.4 Å². The van der Waals surface area contributed by atoms with Crippen LogP contribution in [0.2, 0.25) is 5.02 Å². The van der Waals surface area contributed by atoms with Gasteiger partial charge in [0.1, 0.15) is 16.5 Å². The van der Waals surface area contributed by atoms with E-state index in [2.05, 4.69) is 5.32 Å². The van der Waals surface area contributed by atoms with Crippen LogP contribution in [0, 0.1) is 12.7 Å². The van der Waals surface area contributed by atoms with E-state index < -0.39 is 17.6 Å². The van der Waals surface area contributed by atoms with Gasteiger partial charge < -0.3 is 5.32 Å². The standard InChI is InChI=1S/C17H11Cl2FN2O2/c1-9-6-7-10(18)8-13(9)22-16(23)14(19)15(17(22)24)21-12-5-3-2-4-11(12)20/h2-8,21H,1H3. The fraction of sp³-hybridized carbons (Fsp3) is 0.0588. The molecule has 1 heterocycles. The minimum absolute atomic E-state index is 0.0523. The number of halogens is 3. The summed E-state index contributed by atoms with van der Waals surface area (Å²) in [5.41, 5.74) is 0.890. The Bertz CT molecular complexity index is 896. The van der Waals surface area contributed by atoms with Crippen LogP contribution in [0.4, 0.5) is 15.8 Å². The molecule has 2 amide bonds. The maximum absolute atomic E-state index is 13.8. The van der Waals surface area contributed by atoms with Crippen molar-refractivity contribution in [3.8, 4) is 0 Å². The minimum atomic E-state index is -0.689. The molecular formula is C17H11Cl2FN2O2. The molecule has 0 fully saturated rings. The molecule has 1 N–H and O–H groups in total. The highest BCUT2D eigenvalue weighted by atomic mass is 35.5. The Balaban J connectivity index is 1.99. The fourth-order valence-corrected chi connectivity index (χ4v) is 2.73. The number of imide groups is 1. The molecule has 24 heavy (non-hydrogen) atoms. The lowest BCUT2D eigenvalue weighted by Crippen LogP contribution is -2.32. The number of nitrogens with zero attached hydrogens (tertiary/aromatic N) is 1. The zero-order valence-corrected chi connectivity index (χ0v) is 14.0. The van der Waals surface area contributed by atoms with Crippen molar-refractivity contribution in [1.29, 1.82) is 0 Å². The smallest absolute Gasteiger partial charge is 0.283 e. The van der Waals surface area contributed by atoms with Gasteiger partial charge in [-0.25, -0.2) is 9.29 Å². The second-order valence-electron chi connectivity index (χ2n) is 5.17. The molecule has 0 atom stereocenters. The van der Waals surface area contributed by atoms with Crippen molar-refractivity contribution >= 4 is 46.4 Å². The van der Waals surface area contributed by atoms with Gasteiger partial charge in [0, 0.05) is 5.02 Å². The second kappa shape index (κ2) is 6.26. The summed E-state index contributed by atoms with van der Waals surface area (Å²) in [6, 6.07) is 10.6. The monoisotopic (exact) mass is 364 g/mol. The highest BCUT2D eigenvalue weighted by molar-refractivity contribution is 6.53. The van der Waals surface area contributed by atoms with Crippen LogP contribution in [0.3, 0.4) is 0 Å². The van der Waals surface area contributed by atoms with Crippen LogP contribution in [0.5, 0.6) is 0 Å². The zero-order chi connectivity index (χ0) is 17.4. The van der Waals surface area contributed by atoms with Crippen LogP contribution >= 0.6 is 23.2 Å². The van der Waals surface area contributed by atoms with Gasteiger partial charge in [-0.3, -0.25) is 9.59 Å². The van der Waals surface area contributed by atoms with E-state index in [0.717, 1.165) is 4.90 Å². The van der Waals surface area contributed by atoms with Gasteiger partial charge in [-0.15, -0.1) is 0 Å². The molecule has 3 rings (SSSR count). The first kappa shape index (κ1) is 16.5. The van der Waals surface area contributed by atoms with Crippen LogP contribution < -0.4 is 10.2 Å². The number of aryl methyl sites for hydroxylation is 1. The van der Waals surface area contributed by atoms with Crippen molar-refractivity contribution in [2.75, 3.05) is 10.2 Å².